The van der Waals surface area contributed by atoms with Gasteiger partial charge < -0.3 is 5.73 Å². The monoisotopic (exact) mass is 575 g/mol. The Morgan fingerprint density at radius 3 is 1.84 bits per heavy atom. The Bertz CT molecular complexity index is 2370. The molecule has 7 aromatic rings. The third-order valence-electron chi connectivity index (χ3n) is 9.47. The van der Waals surface area contributed by atoms with Gasteiger partial charge in [-0.25, -0.2) is 0 Å². The molecule has 1 nitrogen and oxygen atoms in total. The molecule has 1 aliphatic carbocycles. The van der Waals surface area contributed by atoms with E-state index in [-0.39, 0.29) is 0 Å². The number of nitrogens with two attached hydrogens (primary N) is 1. The van der Waals surface area contributed by atoms with Crippen molar-refractivity contribution in [3.63, 3.8) is 0 Å². The van der Waals surface area contributed by atoms with Gasteiger partial charge in [-0.2, -0.15) is 0 Å². The quantitative estimate of drug-likeness (QED) is 0.160. The maximum absolute atomic E-state index is 6.61. The molecule has 0 bridgehead atoms. The number of allylic oxidation sites excluding steroid dienone is 1. The van der Waals surface area contributed by atoms with Gasteiger partial charge in [0.1, 0.15) is 0 Å². The molecule has 1 heteroatoms. The van der Waals surface area contributed by atoms with E-state index in [9.17, 15) is 0 Å². The molecule has 1 aliphatic rings. The van der Waals surface area contributed by atoms with E-state index < -0.39 is 0 Å². The number of rotatable bonds is 5. The summed E-state index contributed by atoms with van der Waals surface area (Å²) in [6.45, 7) is 8.65. The second-order valence-electron chi connectivity index (χ2n) is 11.9. The maximum atomic E-state index is 6.61. The van der Waals surface area contributed by atoms with Crippen LogP contribution >= 0.6 is 0 Å². The molecule has 45 heavy (non-hydrogen) atoms. The zero-order valence-electron chi connectivity index (χ0n) is 25.2. The number of anilines is 1. The van der Waals surface area contributed by atoms with Crippen LogP contribution < -0.4 is 5.73 Å². The summed E-state index contributed by atoms with van der Waals surface area (Å²) in [5, 5.41) is 7.35. The van der Waals surface area contributed by atoms with Gasteiger partial charge >= 0.3 is 0 Å². The molecule has 0 heterocycles. The minimum absolute atomic E-state index is 0.782. The van der Waals surface area contributed by atoms with Crippen LogP contribution in [0.5, 0.6) is 0 Å². The average Bonchev–Trinajstić information content (AvgIpc) is 3.50. The van der Waals surface area contributed by atoms with E-state index in [2.05, 4.69) is 134 Å². The topological polar surface area (TPSA) is 26.0 Å². The van der Waals surface area contributed by atoms with E-state index in [0.717, 1.165) is 46.3 Å². The lowest BCUT2D eigenvalue weighted by molar-refractivity contribution is 1.08. The summed E-state index contributed by atoms with van der Waals surface area (Å²) >= 11 is 0. The Hall–Kier alpha value is -5.66. The van der Waals surface area contributed by atoms with E-state index in [1.165, 1.54) is 60.1 Å². The highest BCUT2D eigenvalue weighted by Crippen LogP contribution is 2.45. The van der Waals surface area contributed by atoms with Crippen molar-refractivity contribution < 1.29 is 0 Å². The van der Waals surface area contributed by atoms with E-state index in [1.54, 1.807) is 0 Å². The number of hydrogen-bond acceptors (Lipinski definition) is 1. The van der Waals surface area contributed by atoms with Crippen LogP contribution in [0.2, 0.25) is 0 Å². The van der Waals surface area contributed by atoms with Gasteiger partial charge in [0.05, 0.1) is 0 Å². The lowest BCUT2D eigenvalue weighted by atomic mass is 9.82. The van der Waals surface area contributed by atoms with Gasteiger partial charge in [-0.15, -0.1) is 0 Å². The minimum Gasteiger partial charge on any atom is -0.398 e. The molecule has 0 unspecified atom stereocenters. The van der Waals surface area contributed by atoms with Crippen molar-refractivity contribution in [3.05, 3.63) is 162 Å². The molecule has 214 valence electrons. The normalized spacial score (nSPS) is 13.5. The first kappa shape index (κ1) is 26.9. The zero-order valence-corrected chi connectivity index (χ0v) is 25.2. The summed E-state index contributed by atoms with van der Waals surface area (Å²) in [6, 6.07) is 43.7. The lowest BCUT2D eigenvalue weighted by Crippen LogP contribution is -1.97. The maximum Gasteiger partial charge on any atom is 0.0388 e. The first-order chi connectivity index (χ1) is 22.1. The van der Waals surface area contributed by atoms with Gasteiger partial charge in [0.25, 0.3) is 0 Å². The Labute approximate surface area is 264 Å². The van der Waals surface area contributed by atoms with Gasteiger partial charge in [-0.1, -0.05) is 128 Å². The molecule has 0 radical (unpaired) electrons. The number of hydrogen-bond donors (Lipinski definition) is 1. The van der Waals surface area contributed by atoms with Crippen molar-refractivity contribution in [1.82, 2.24) is 0 Å². The van der Waals surface area contributed by atoms with Gasteiger partial charge in [0, 0.05) is 5.69 Å². The molecule has 8 rings (SSSR count). The minimum atomic E-state index is 0.782. The Kier molecular flexibility index (Phi) is 6.47. The average molecular weight is 576 g/mol. The van der Waals surface area contributed by atoms with Gasteiger partial charge in [0.15, 0.2) is 0 Å². The van der Waals surface area contributed by atoms with E-state index in [4.69, 9.17) is 5.73 Å². The van der Waals surface area contributed by atoms with Crippen molar-refractivity contribution in [3.8, 4) is 22.3 Å². The summed E-state index contributed by atoms with van der Waals surface area (Å²) in [5.74, 6) is 0. The van der Waals surface area contributed by atoms with Crippen LogP contribution in [0.1, 0.15) is 34.2 Å². The largest absolute Gasteiger partial charge is 0.398 e. The standard InChI is InChI=1S/C44H33N/c1-3-35-36(4-2)44(33-22-20-30-18-17-29-12-6-8-14-38(29)41(30)27-33)40-16-10-9-15-39(40)43(35)32-23-24-42(45)34(26-32)25-31-21-19-28-11-5-7-13-37(28)31/h3-18,20,22-27H,1-2,19,21,45H2/b31-25+. The zero-order chi connectivity index (χ0) is 30.5. The number of aryl methyl sites for hydroxylation is 1. The smallest absolute Gasteiger partial charge is 0.0388 e. The number of fused-ring (bicyclic) bond motifs is 5. The van der Waals surface area contributed by atoms with Crippen LogP contribution in [-0.4, -0.2) is 0 Å². The fourth-order valence-electron chi connectivity index (χ4n) is 7.33. The third kappa shape index (κ3) is 4.39. The highest BCUT2D eigenvalue weighted by atomic mass is 14.6. The van der Waals surface area contributed by atoms with Crippen LogP contribution in [0.3, 0.4) is 0 Å². The predicted molar refractivity (Wildman–Crippen MR) is 197 cm³/mol. The highest BCUT2D eigenvalue weighted by molar-refractivity contribution is 6.14. The first-order valence-electron chi connectivity index (χ1n) is 15.6. The van der Waals surface area contributed by atoms with Gasteiger partial charge in [-0.3, -0.25) is 0 Å². The van der Waals surface area contributed by atoms with E-state index in [0.29, 0.717) is 0 Å². The molecule has 0 amide bonds. The third-order valence-corrected chi connectivity index (χ3v) is 9.47. The van der Waals surface area contributed by atoms with E-state index >= 15 is 0 Å². The van der Waals surface area contributed by atoms with Crippen LogP contribution in [0, 0.1) is 0 Å². The Morgan fingerprint density at radius 1 is 0.533 bits per heavy atom. The van der Waals surface area contributed by atoms with Crippen molar-refractivity contribution in [1.29, 1.82) is 0 Å². The molecular formula is C44H33N. The fourth-order valence-corrected chi connectivity index (χ4v) is 7.33. The van der Waals surface area contributed by atoms with Gasteiger partial charge in [0.2, 0.25) is 0 Å². The predicted octanol–water partition coefficient (Wildman–Crippen LogP) is 11.8. The van der Waals surface area contributed by atoms with Crippen LogP contribution in [0.25, 0.3) is 78.4 Å². The summed E-state index contributed by atoms with van der Waals surface area (Å²) < 4.78 is 0. The molecule has 0 aromatic heterocycles. The van der Waals surface area contributed by atoms with Crippen molar-refractivity contribution in [2.45, 2.75) is 12.8 Å². The molecule has 7 aromatic carbocycles. The first-order valence-corrected chi connectivity index (χ1v) is 15.6. The fraction of sp³-hybridized carbons (Fsp3) is 0.0455. The molecule has 0 atom stereocenters. The summed E-state index contributed by atoms with van der Waals surface area (Å²) in [7, 11) is 0. The molecule has 0 spiro atoms. The summed E-state index contributed by atoms with van der Waals surface area (Å²) in [4.78, 5) is 0. The van der Waals surface area contributed by atoms with Crippen molar-refractivity contribution in [2.75, 3.05) is 5.73 Å². The second kappa shape index (κ2) is 10.8. The molecule has 0 saturated carbocycles. The SMILES string of the molecule is C=Cc1c(C=C)c(-c2ccc3ccc4ccccc4c3c2)c2ccccc2c1-c1ccc(N)c(/C=C2\CCc3ccccc32)c1. The molecule has 0 fully saturated rings. The Balaban J connectivity index is 1.37. The number of nitrogen functional groups attached to an aromatic ring is 1. The second-order valence-corrected chi connectivity index (χ2v) is 11.9. The molecule has 2 N–H and O–H groups in total. The van der Waals surface area contributed by atoms with Crippen molar-refractivity contribution >= 4 is 61.8 Å². The molecular weight excluding hydrogens is 542 g/mol. The Morgan fingerprint density at radius 2 is 1.11 bits per heavy atom. The summed E-state index contributed by atoms with van der Waals surface area (Å²) in [6.07, 6.45) is 8.36. The van der Waals surface area contributed by atoms with Crippen LogP contribution in [0.15, 0.2) is 134 Å². The van der Waals surface area contributed by atoms with Gasteiger partial charge in [-0.05, 0) is 125 Å². The number of benzene rings is 7. The molecule has 0 aliphatic heterocycles. The van der Waals surface area contributed by atoms with Crippen molar-refractivity contribution in [2.24, 2.45) is 0 Å². The molecule has 0 saturated heterocycles. The highest BCUT2D eigenvalue weighted by Gasteiger charge is 2.20. The van der Waals surface area contributed by atoms with Crippen LogP contribution in [0.4, 0.5) is 5.69 Å². The summed E-state index contributed by atoms with van der Waals surface area (Å²) in [5.41, 5.74) is 19.3. The lowest BCUT2D eigenvalue weighted by Gasteiger charge is -2.21. The van der Waals surface area contributed by atoms with E-state index in [1.807, 2.05) is 18.2 Å². The van der Waals surface area contributed by atoms with Crippen LogP contribution in [-0.2, 0) is 6.42 Å².